The van der Waals surface area contributed by atoms with Gasteiger partial charge in [-0.25, -0.2) is 17.7 Å². The lowest BCUT2D eigenvalue weighted by atomic mass is 10.2. The molecule has 28 heavy (non-hydrogen) atoms. The van der Waals surface area contributed by atoms with E-state index in [2.05, 4.69) is 10.3 Å². The number of anilines is 2. The average molecular weight is 433 g/mol. The molecule has 0 fully saturated rings. The zero-order valence-corrected chi connectivity index (χ0v) is 16.6. The van der Waals surface area contributed by atoms with Crippen LogP contribution in [0.5, 0.6) is 0 Å². The molecule has 10 heteroatoms. The Kier molecular flexibility index (Phi) is 5.94. The molecule has 1 N–H and O–H groups in total. The summed E-state index contributed by atoms with van der Waals surface area (Å²) in [6.07, 6.45) is 1.45. The molecule has 142 valence electrons. The van der Waals surface area contributed by atoms with Gasteiger partial charge in [0.25, 0.3) is 10.0 Å². The summed E-state index contributed by atoms with van der Waals surface area (Å²) in [4.78, 5) is 16.7. The number of thiazole rings is 1. The topological polar surface area (TPSA) is 103 Å². The molecule has 7 nitrogen and oxygen atoms in total. The van der Waals surface area contributed by atoms with Crippen molar-refractivity contribution in [2.24, 2.45) is 0 Å². The molecule has 0 bridgehead atoms. The summed E-state index contributed by atoms with van der Waals surface area (Å²) in [5.74, 6) is -0.631. The maximum atomic E-state index is 13.0. The lowest BCUT2D eigenvalue weighted by Crippen LogP contribution is -2.38. The Morgan fingerprint density at radius 2 is 2.00 bits per heavy atom. The van der Waals surface area contributed by atoms with Crippen LogP contribution in [0.25, 0.3) is 0 Å². The predicted molar refractivity (Wildman–Crippen MR) is 108 cm³/mol. The van der Waals surface area contributed by atoms with Crippen LogP contribution in [0.3, 0.4) is 0 Å². The van der Waals surface area contributed by atoms with Crippen molar-refractivity contribution >= 4 is 49.7 Å². The minimum absolute atomic E-state index is 0.0402. The molecule has 0 spiro atoms. The second kappa shape index (κ2) is 8.39. The summed E-state index contributed by atoms with van der Waals surface area (Å²) in [6.45, 7) is -0.512. The van der Waals surface area contributed by atoms with Crippen molar-refractivity contribution in [2.75, 3.05) is 16.2 Å². The molecule has 3 rings (SSSR count). The molecule has 1 amide bonds. The van der Waals surface area contributed by atoms with E-state index in [0.717, 1.165) is 15.6 Å². The zero-order valence-electron chi connectivity index (χ0n) is 14.2. The fraction of sp³-hybridized carbons (Fsp3) is 0.0556. The lowest BCUT2D eigenvalue weighted by molar-refractivity contribution is -0.114. The Balaban J connectivity index is 1.91. The minimum Gasteiger partial charge on any atom is -0.323 e. The van der Waals surface area contributed by atoms with Crippen LogP contribution in [0.1, 0.15) is 5.56 Å². The van der Waals surface area contributed by atoms with Crippen molar-refractivity contribution in [2.45, 2.75) is 4.90 Å². The normalized spacial score (nSPS) is 10.9. The molecule has 0 radical (unpaired) electrons. The molecule has 1 heterocycles. The van der Waals surface area contributed by atoms with Crippen LogP contribution in [0.2, 0.25) is 5.02 Å². The van der Waals surface area contributed by atoms with E-state index < -0.39 is 22.5 Å². The summed E-state index contributed by atoms with van der Waals surface area (Å²) in [6, 6.07) is 14.1. The fourth-order valence-corrected chi connectivity index (χ4v) is 4.79. The number of halogens is 1. The summed E-state index contributed by atoms with van der Waals surface area (Å²) in [5, 5.41) is 13.8. The van der Waals surface area contributed by atoms with Crippen LogP contribution in [-0.4, -0.2) is 25.9 Å². The predicted octanol–water partition coefficient (Wildman–Crippen LogP) is 3.50. The van der Waals surface area contributed by atoms with Crippen LogP contribution in [0.4, 0.5) is 10.8 Å². The van der Waals surface area contributed by atoms with Crippen molar-refractivity contribution in [3.05, 3.63) is 70.7 Å². The van der Waals surface area contributed by atoms with Gasteiger partial charge in [0.1, 0.15) is 12.6 Å². The third kappa shape index (κ3) is 4.31. The van der Waals surface area contributed by atoms with Gasteiger partial charge in [-0.3, -0.25) is 4.79 Å². The van der Waals surface area contributed by atoms with Crippen LogP contribution < -0.4 is 9.62 Å². The number of nitrogens with one attached hydrogen (secondary N) is 1. The Hall–Kier alpha value is -2.93. The molecule has 3 aromatic rings. The van der Waals surface area contributed by atoms with Gasteiger partial charge in [0, 0.05) is 16.6 Å². The molecular weight excluding hydrogens is 420 g/mol. The number of carbonyl (C=O) groups excluding carboxylic acids is 1. The molecule has 2 aromatic carbocycles. The van der Waals surface area contributed by atoms with E-state index in [0.29, 0.717) is 5.02 Å². The number of sulfonamides is 1. The van der Waals surface area contributed by atoms with Gasteiger partial charge in [-0.05, 0) is 30.3 Å². The first-order valence-electron chi connectivity index (χ1n) is 7.88. The van der Waals surface area contributed by atoms with E-state index in [1.165, 1.54) is 36.5 Å². The second-order valence-corrected chi connectivity index (χ2v) is 8.66. The quantitative estimate of drug-likeness (QED) is 0.642. The van der Waals surface area contributed by atoms with Gasteiger partial charge in [0.05, 0.1) is 16.1 Å². The van der Waals surface area contributed by atoms with E-state index >= 15 is 0 Å². The molecule has 0 saturated carbocycles. The van der Waals surface area contributed by atoms with Gasteiger partial charge in [0.15, 0.2) is 5.13 Å². The second-order valence-electron chi connectivity index (χ2n) is 5.49. The van der Waals surface area contributed by atoms with Crippen LogP contribution in [-0.2, 0) is 14.8 Å². The molecule has 0 atom stereocenters. The fourth-order valence-electron chi connectivity index (χ4n) is 2.35. The standard InChI is InChI=1S/C18H13ClN4O3S2/c19-14-7-6-13(11-20)16(10-14)22-17(24)12-23(18-21-8-9-27-18)28(25,26)15-4-2-1-3-5-15/h1-10H,12H2,(H,22,24). The van der Waals surface area contributed by atoms with Gasteiger partial charge >= 0.3 is 0 Å². The summed E-state index contributed by atoms with van der Waals surface area (Å²) in [5.41, 5.74) is 0.417. The van der Waals surface area contributed by atoms with Gasteiger partial charge in [-0.2, -0.15) is 5.26 Å². The molecule has 0 aliphatic heterocycles. The molecule has 0 aliphatic carbocycles. The number of carbonyl (C=O) groups is 1. The molecule has 0 aliphatic rings. The van der Waals surface area contributed by atoms with Crippen molar-refractivity contribution < 1.29 is 13.2 Å². The van der Waals surface area contributed by atoms with Crippen molar-refractivity contribution in [3.63, 3.8) is 0 Å². The number of aromatic nitrogens is 1. The maximum absolute atomic E-state index is 13.0. The number of nitriles is 1. The van der Waals surface area contributed by atoms with Crippen LogP contribution >= 0.6 is 22.9 Å². The largest absolute Gasteiger partial charge is 0.323 e. The smallest absolute Gasteiger partial charge is 0.266 e. The molecule has 0 saturated heterocycles. The van der Waals surface area contributed by atoms with Gasteiger partial charge in [0.2, 0.25) is 5.91 Å². The van der Waals surface area contributed by atoms with Crippen LogP contribution in [0.15, 0.2) is 65.0 Å². The monoisotopic (exact) mass is 432 g/mol. The van der Waals surface area contributed by atoms with Crippen molar-refractivity contribution in [3.8, 4) is 6.07 Å². The van der Waals surface area contributed by atoms with Gasteiger partial charge in [-0.15, -0.1) is 11.3 Å². The van der Waals surface area contributed by atoms with Gasteiger partial charge in [-0.1, -0.05) is 29.8 Å². The Labute approximate surface area is 170 Å². The summed E-state index contributed by atoms with van der Waals surface area (Å²) >= 11 is 7.01. The number of rotatable bonds is 6. The third-order valence-electron chi connectivity index (χ3n) is 3.63. The first-order chi connectivity index (χ1) is 13.4. The number of benzene rings is 2. The highest BCUT2D eigenvalue weighted by Crippen LogP contribution is 2.26. The molecule has 1 aromatic heterocycles. The Morgan fingerprint density at radius 3 is 2.64 bits per heavy atom. The van der Waals surface area contributed by atoms with Gasteiger partial charge < -0.3 is 5.32 Å². The highest BCUT2D eigenvalue weighted by atomic mass is 35.5. The number of amides is 1. The zero-order chi connectivity index (χ0) is 20.1. The van der Waals surface area contributed by atoms with E-state index in [1.54, 1.807) is 23.6 Å². The van der Waals surface area contributed by atoms with Crippen molar-refractivity contribution in [1.82, 2.24) is 4.98 Å². The van der Waals surface area contributed by atoms with Crippen LogP contribution in [0, 0.1) is 11.3 Å². The molecule has 0 unspecified atom stereocenters. The number of nitrogens with zero attached hydrogens (tertiary/aromatic N) is 3. The molecular formula is C18H13ClN4O3S2. The van der Waals surface area contributed by atoms with Crippen molar-refractivity contribution in [1.29, 1.82) is 5.26 Å². The average Bonchev–Trinajstić information content (AvgIpc) is 3.21. The van der Waals surface area contributed by atoms with E-state index in [-0.39, 0.29) is 21.3 Å². The lowest BCUT2D eigenvalue weighted by Gasteiger charge is -2.21. The third-order valence-corrected chi connectivity index (χ3v) is 6.52. The number of hydrogen-bond donors (Lipinski definition) is 1. The highest BCUT2D eigenvalue weighted by Gasteiger charge is 2.29. The Bertz CT molecular complexity index is 1130. The van der Waals surface area contributed by atoms with E-state index in [4.69, 9.17) is 11.6 Å². The Morgan fingerprint density at radius 1 is 1.25 bits per heavy atom. The summed E-state index contributed by atoms with van der Waals surface area (Å²) in [7, 11) is -4.01. The van der Waals surface area contributed by atoms with E-state index in [9.17, 15) is 18.5 Å². The van der Waals surface area contributed by atoms with E-state index in [1.807, 2.05) is 6.07 Å². The first-order valence-corrected chi connectivity index (χ1v) is 10.6. The first kappa shape index (κ1) is 19.8. The SMILES string of the molecule is N#Cc1ccc(Cl)cc1NC(=O)CN(c1nccs1)S(=O)(=O)c1ccccc1. The number of hydrogen-bond acceptors (Lipinski definition) is 6. The summed E-state index contributed by atoms with van der Waals surface area (Å²) < 4.78 is 27.0. The maximum Gasteiger partial charge on any atom is 0.266 e. The minimum atomic E-state index is -4.01. The highest BCUT2D eigenvalue weighted by molar-refractivity contribution is 7.93.